The second kappa shape index (κ2) is 6.70. The van der Waals surface area contributed by atoms with Crippen LogP contribution in [0.4, 0.5) is 0 Å². The van der Waals surface area contributed by atoms with Gasteiger partial charge in [-0.2, -0.15) is 0 Å². The first-order chi connectivity index (χ1) is 10.7. The van der Waals surface area contributed by atoms with E-state index in [4.69, 9.17) is 0 Å². The molecular weight excluding hydrogens is 318 g/mol. The molecule has 2 rings (SSSR count). The molecule has 7 heteroatoms. The van der Waals surface area contributed by atoms with Gasteiger partial charge in [-0.1, -0.05) is 31.4 Å². The Morgan fingerprint density at radius 1 is 1.13 bits per heavy atom. The number of carbonyl (C=O) groups is 2. The molecule has 0 radical (unpaired) electrons. The highest BCUT2D eigenvalue weighted by atomic mass is 32.2. The van der Waals surface area contributed by atoms with Crippen molar-refractivity contribution in [2.24, 2.45) is 0 Å². The number of hydrogen-bond acceptors (Lipinski definition) is 4. The van der Waals surface area contributed by atoms with E-state index >= 15 is 0 Å². The van der Waals surface area contributed by atoms with Gasteiger partial charge >= 0.3 is 5.97 Å². The zero-order valence-corrected chi connectivity index (χ0v) is 13.9. The van der Waals surface area contributed by atoms with Gasteiger partial charge in [0.2, 0.25) is 0 Å². The van der Waals surface area contributed by atoms with Crippen molar-refractivity contribution in [1.82, 2.24) is 5.32 Å². The topological polar surface area (TPSA) is 101 Å². The fourth-order valence-electron chi connectivity index (χ4n) is 2.89. The van der Waals surface area contributed by atoms with E-state index < -0.39 is 27.3 Å². The van der Waals surface area contributed by atoms with Crippen molar-refractivity contribution in [2.75, 3.05) is 6.26 Å². The fraction of sp³-hybridized carbons (Fsp3) is 0.500. The molecule has 1 aromatic rings. The number of aliphatic carboxylic acids is 1. The third-order valence-electron chi connectivity index (χ3n) is 4.11. The molecule has 0 aliphatic heterocycles. The van der Waals surface area contributed by atoms with Crippen LogP contribution in [0.5, 0.6) is 0 Å². The van der Waals surface area contributed by atoms with Crippen LogP contribution in [0.1, 0.15) is 48.0 Å². The van der Waals surface area contributed by atoms with Gasteiger partial charge in [-0.15, -0.1) is 0 Å². The van der Waals surface area contributed by atoms with E-state index in [-0.39, 0.29) is 5.75 Å². The summed E-state index contributed by atoms with van der Waals surface area (Å²) in [6.07, 6.45) is 4.54. The molecule has 0 spiro atoms. The summed E-state index contributed by atoms with van der Waals surface area (Å²) in [5.74, 6) is -1.53. The molecule has 1 aliphatic rings. The summed E-state index contributed by atoms with van der Waals surface area (Å²) in [7, 11) is -3.13. The molecule has 1 saturated carbocycles. The van der Waals surface area contributed by atoms with E-state index in [0.29, 0.717) is 24.0 Å². The maximum Gasteiger partial charge on any atom is 0.329 e. The monoisotopic (exact) mass is 339 g/mol. The van der Waals surface area contributed by atoms with E-state index in [0.717, 1.165) is 25.5 Å². The lowest BCUT2D eigenvalue weighted by molar-refractivity contribution is -0.145. The van der Waals surface area contributed by atoms with Crippen molar-refractivity contribution in [3.05, 3.63) is 35.4 Å². The lowest BCUT2D eigenvalue weighted by Gasteiger charge is -2.34. The van der Waals surface area contributed by atoms with E-state index in [1.54, 1.807) is 12.1 Å². The molecule has 1 aromatic carbocycles. The maximum atomic E-state index is 12.3. The highest BCUT2D eigenvalue weighted by Crippen LogP contribution is 2.29. The summed E-state index contributed by atoms with van der Waals surface area (Å²) in [5, 5.41) is 12.1. The molecule has 0 saturated heterocycles. The normalized spacial score (nSPS) is 17.4. The van der Waals surface area contributed by atoms with Crippen molar-refractivity contribution < 1.29 is 23.1 Å². The molecule has 126 valence electrons. The van der Waals surface area contributed by atoms with Crippen LogP contribution in [0, 0.1) is 0 Å². The molecule has 0 atom stereocenters. The Labute approximate surface area is 135 Å². The largest absolute Gasteiger partial charge is 0.480 e. The van der Waals surface area contributed by atoms with Crippen molar-refractivity contribution in [2.45, 2.75) is 43.4 Å². The highest BCUT2D eigenvalue weighted by molar-refractivity contribution is 7.89. The molecule has 1 amide bonds. The minimum atomic E-state index is -3.13. The van der Waals surface area contributed by atoms with Gasteiger partial charge in [0.1, 0.15) is 5.54 Å². The van der Waals surface area contributed by atoms with Crippen LogP contribution in [0.2, 0.25) is 0 Å². The Bertz CT molecular complexity index is 688. The van der Waals surface area contributed by atoms with E-state index in [2.05, 4.69) is 5.32 Å². The fourth-order valence-corrected chi connectivity index (χ4v) is 3.69. The number of hydrogen-bond donors (Lipinski definition) is 2. The van der Waals surface area contributed by atoms with Gasteiger partial charge < -0.3 is 10.4 Å². The zero-order chi connectivity index (χ0) is 17.1. The molecule has 6 nitrogen and oxygen atoms in total. The lowest BCUT2D eigenvalue weighted by atomic mass is 9.81. The Morgan fingerprint density at radius 2 is 1.70 bits per heavy atom. The van der Waals surface area contributed by atoms with Gasteiger partial charge in [0.05, 0.1) is 5.75 Å². The third-order valence-corrected chi connectivity index (χ3v) is 4.97. The first-order valence-corrected chi connectivity index (χ1v) is 9.60. The number of sulfone groups is 1. The summed E-state index contributed by atoms with van der Waals surface area (Å²) >= 11 is 0. The van der Waals surface area contributed by atoms with Crippen molar-refractivity contribution in [3.8, 4) is 0 Å². The van der Waals surface area contributed by atoms with Gasteiger partial charge in [0.15, 0.2) is 9.84 Å². The summed E-state index contributed by atoms with van der Waals surface area (Å²) in [6, 6.07) is 6.19. The summed E-state index contributed by atoms with van der Waals surface area (Å²) in [4.78, 5) is 23.9. The van der Waals surface area contributed by atoms with Crippen molar-refractivity contribution in [3.63, 3.8) is 0 Å². The van der Waals surface area contributed by atoms with E-state index in [1.807, 2.05) is 0 Å². The van der Waals surface area contributed by atoms with Crippen molar-refractivity contribution >= 4 is 21.7 Å². The molecule has 0 bridgehead atoms. The molecular formula is C16H21NO5S. The first-order valence-electron chi connectivity index (χ1n) is 7.54. The average molecular weight is 339 g/mol. The lowest BCUT2D eigenvalue weighted by Crippen LogP contribution is -2.55. The maximum absolute atomic E-state index is 12.3. The van der Waals surface area contributed by atoms with Crippen LogP contribution in [0.15, 0.2) is 24.3 Å². The molecule has 1 aliphatic carbocycles. The SMILES string of the molecule is CS(=O)(=O)Cc1ccc(C(=O)NC2(C(=O)O)CCCCC2)cc1. The molecule has 1 fully saturated rings. The first kappa shape index (κ1) is 17.5. The second-order valence-corrected chi connectivity index (χ2v) is 8.31. The van der Waals surface area contributed by atoms with Gasteiger partial charge in [-0.3, -0.25) is 4.79 Å². The van der Waals surface area contributed by atoms with E-state index in [1.165, 1.54) is 12.1 Å². The predicted molar refractivity (Wildman–Crippen MR) is 85.9 cm³/mol. The van der Waals surface area contributed by atoms with Crippen LogP contribution in [-0.4, -0.2) is 37.2 Å². The molecule has 0 aromatic heterocycles. The smallest absolute Gasteiger partial charge is 0.329 e. The Morgan fingerprint density at radius 3 is 2.17 bits per heavy atom. The molecule has 0 unspecified atom stereocenters. The van der Waals surface area contributed by atoms with Gasteiger partial charge in [-0.25, -0.2) is 13.2 Å². The Hall–Kier alpha value is -1.89. The van der Waals surface area contributed by atoms with E-state index in [9.17, 15) is 23.1 Å². The van der Waals surface area contributed by atoms with Gasteiger partial charge in [-0.05, 0) is 30.5 Å². The minimum Gasteiger partial charge on any atom is -0.480 e. The molecule has 23 heavy (non-hydrogen) atoms. The van der Waals surface area contributed by atoms with Crippen LogP contribution < -0.4 is 5.32 Å². The van der Waals surface area contributed by atoms with Crippen LogP contribution >= 0.6 is 0 Å². The van der Waals surface area contributed by atoms with Crippen LogP contribution in [0.3, 0.4) is 0 Å². The number of carbonyl (C=O) groups excluding carboxylic acids is 1. The quantitative estimate of drug-likeness (QED) is 0.851. The molecule has 0 heterocycles. The average Bonchev–Trinajstić information content (AvgIpc) is 2.47. The standard InChI is InChI=1S/C16H21NO5S/c1-23(21,22)11-12-5-7-13(8-6-12)14(18)17-16(15(19)20)9-3-2-4-10-16/h5-8H,2-4,9-11H2,1H3,(H,17,18)(H,19,20). The number of rotatable bonds is 5. The summed E-state index contributed by atoms with van der Waals surface area (Å²) in [6.45, 7) is 0. The number of carboxylic acids is 1. The molecule has 2 N–H and O–H groups in total. The minimum absolute atomic E-state index is 0.0893. The zero-order valence-electron chi connectivity index (χ0n) is 13.0. The van der Waals surface area contributed by atoms with Gasteiger partial charge in [0, 0.05) is 11.8 Å². The predicted octanol–water partition coefficient (Wildman–Crippen LogP) is 1.75. The van der Waals surface area contributed by atoms with Crippen LogP contribution in [0.25, 0.3) is 0 Å². The third kappa shape index (κ3) is 4.54. The number of amides is 1. The number of benzene rings is 1. The van der Waals surface area contributed by atoms with Crippen LogP contribution in [-0.2, 0) is 20.4 Å². The van der Waals surface area contributed by atoms with Gasteiger partial charge in [0.25, 0.3) is 5.91 Å². The summed E-state index contributed by atoms with van der Waals surface area (Å²) < 4.78 is 22.5. The Balaban J connectivity index is 2.12. The van der Waals surface area contributed by atoms with Crippen molar-refractivity contribution in [1.29, 1.82) is 0 Å². The number of carboxylic acid groups (broad SMARTS) is 1. The summed E-state index contributed by atoms with van der Waals surface area (Å²) in [5.41, 5.74) is -0.274. The number of nitrogens with one attached hydrogen (secondary N) is 1. The highest BCUT2D eigenvalue weighted by Gasteiger charge is 2.41. The second-order valence-electron chi connectivity index (χ2n) is 6.17. The Kier molecular flexibility index (Phi) is 5.09.